The van der Waals surface area contributed by atoms with Gasteiger partial charge in [0, 0.05) is 71.0 Å². The lowest BCUT2D eigenvalue weighted by atomic mass is 10.1. The van der Waals surface area contributed by atoms with Crippen LogP contribution in [0.3, 0.4) is 0 Å². The van der Waals surface area contributed by atoms with Gasteiger partial charge in [-0.2, -0.15) is 0 Å². The van der Waals surface area contributed by atoms with Crippen LogP contribution in [-0.4, -0.2) is 62.2 Å². The number of rotatable bonds is 2. The standard InChI is InChI=1S/C18H14ClN3O.C11H11N3.C7H4Cl2O/c19-15-4-1-3-13(9-15)17(23)22-11-14-10-18(14,12-22)6-5-16-20-7-2-8-21-16;1-4-13-10(14-5-1)2-3-11-6-9(11)7-12-8-11;8-6-3-1-2-5(4-6)7(9)10/h1-4,7-9,14H,10-12H2;1,4-5,9,12H,6-8H2;1-4H. The number of nitrogens with one attached hydrogen (secondary N) is 1. The summed E-state index contributed by atoms with van der Waals surface area (Å²) in [5, 5.41) is 3.97. The highest BCUT2D eigenvalue weighted by Crippen LogP contribution is 2.57. The van der Waals surface area contributed by atoms with Crippen LogP contribution in [0.2, 0.25) is 10.0 Å². The predicted octanol–water partition coefficient (Wildman–Crippen LogP) is 5.80. The maximum Gasteiger partial charge on any atom is 0.253 e. The molecule has 2 aliphatic heterocycles. The molecule has 8 rings (SSSR count). The molecular formula is C36H29Cl3N6O2. The van der Waals surface area contributed by atoms with Crippen LogP contribution in [-0.2, 0) is 0 Å². The summed E-state index contributed by atoms with van der Waals surface area (Å²) in [4.78, 5) is 41.4. The van der Waals surface area contributed by atoms with E-state index < -0.39 is 5.24 Å². The smallest absolute Gasteiger partial charge is 0.253 e. The Morgan fingerprint density at radius 3 is 1.83 bits per heavy atom. The SMILES string of the molecule is C(#CC12CNCC1C2)c1ncccn1.O=C(Cl)c1cccc(Cl)c1.O=C(c1cccc(Cl)c1)N1CC2CC2(C#Cc2ncccn2)C1. The number of halogens is 3. The van der Waals surface area contributed by atoms with Crippen molar-refractivity contribution in [2.45, 2.75) is 12.8 Å². The molecule has 4 fully saturated rings. The Labute approximate surface area is 288 Å². The van der Waals surface area contributed by atoms with Crippen LogP contribution in [0.15, 0.2) is 85.5 Å². The molecule has 0 spiro atoms. The first kappa shape index (κ1) is 32.6. The van der Waals surface area contributed by atoms with E-state index in [0.717, 1.165) is 32.0 Å². The van der Waals surface area contributed by atoms with E-state index in [1.165, 1.54) is 12.5 Å². The first-order chi connectivity index (χ1) is 22.8. The molecule has 2 saturated heterocycles. The third kappa shape index (κ3) is 8.16. The molecule has 4 aromatic rings. The van der Waals surface area contributed by atoms with Crippen molar-refractivity contribution in [2.24, 2.45) is 22.7 Å². The Morgan fingerprint density at radius 1 is 0.766 bits per heavy atom. The summed E-state index contributed by atoms with van der Waals surface area (Å²) in [5.41, 5.74) is 1.24. The summed E-state index contributed by atoms with van der Waals surface area (Å²) < 4.78 is 0. The highest BCUT2D eigenvalue weighted by molar-refractivity contribution is 6.67. The first-order valence-electron chi connectivity index (χ1n) is 15.1. The number of piperidine rings is 2. The molecule has 8 nitrogen and oxygen atoms in total. The number of carbonyl (C=O) groups is 2. The number of carbonyl (C=O) groups excluding carboxylic acids is 2. The Balaban J connectivity index is 0.000000137. The fraction of sp³-hybridized carbons (Fsp3) is 0.278. The molecule has 236 valence electrons. The fourth-order valence-electron chi connectivity index (χ4n) is 5.87. The van der Waals surface area contributed by atoms with Gasteiger partial charge in [0.25, 0.3) is 11.1 Å². The number of hydrogen-bond donors (Lipinski definition) is 1. The van der Waals surface area contributed by atoms with Gasteiger partial charge in [-0.05, 0) is 103 Å². The molecule has 1 amide bonds. The summed E-state index contributed by atoms with van der Waals surface area (Å²) in [5.74, 6) is 15.1. The summed E-state index contributed by atoms with van der Waals surface area (Å²) in [7, 11) is 0. The number of benzene rings is 2. The van der Waals surface area contributed by atoms with Crippen LogP contribution in [0, 0.1) is 46.3 Å². The monoisotopic (exact) mass is 682 g/mol. The summed E-state index contributed by atoms with van der Waals surface area (Å²) in [6.45, 7) is 3.60. The van der Waals surface area contributed by atoms with E-state index in [4.69, 9.17) is 34.8 Å². The van der Waals surface area contributed by atoms with Crippen molar-refractivity contribution in [3.05, 3.63) is 118 Å². The van der Waals surface area contributed by atoms with Gasteiger partial charge >= 0.3 is 0 Å². The van der Waals surface area contributed by atoms with Gasteiger partial charge in [-0.3, -0.25) is 9.59 Å². The van der Waals surface area contributed by atoms with Crippen LogP contribution >= 0.6 is 34.8 Å². The molecule has 2 saturated carbocycles. The van der Waals surface area contributed by atoms with E-state index in [9.17, 15) is 9.59 Å². The molecule has 4 aliphatic rings. The van der Waals surface area contributed by atoms with E-state index in [2.05, 4.69) is 48.9 Å². The van der Waals surface area contributed by atoms with E-state index in [1.807, 2.05) is 4.90 Å². The molecule has 4 unspecified atom stereocenters. The van der Waals surface area contributed by atoms with Crippen LogP contribution in [0.4, 0.5) is 0 Å². The topological polar surface area (TPSA) is 101 Å². The zero-order valence-corrected chi connectivity index (χ0v) is 27.4. The minimum absolute atomic E-state index is 0.0248. The van der Waals surface area contributed by atoms with Gasteiger partial charge in [0.05, 0.1) is 5.41 Å². The first-order valence-corrected chi connectivity index (χ1v) is 16.2. The van der Waals surface area contributed by atoms with Crippen LogP contribution in [0.5, 0.6) is 0 Å². The number of fused-ring (bicyclic) bond motifs is 2. The Kier molecular flexibility index (Phi) is 9.87. The van der Waals surface area contributed by atoms with Crippen LogP contribution in [0.1, 0.15) is 45.2 Å². The van der Waals surface area contributed by atoms with Gasteiger partial charge in [0.15, 0.2) is 0 Å². The third-order valence-corrected chi connectivity index (χ3v) is 9.29. The van der Waals surface area contributed by atoms with Crippen LogP contribution < -0.4 is 5.32 Å². The van der Waals surface area contributed by atoms with Gasteiger partial charge in [0.1, 0.15) is 0 Å². The molecule has 4 atom stereocenters. The van der Waals surface area contributed by atoms with Crippen molar-refractivity contribution in [1.29, 1.82) is 0 Å². The van der Waals surface area contributed by atoms with E-state index in [1.54, 1.807) is 79.4 Å². The molecule has 1 N–H and O–H groups in total. The molecule has 2 aromatic heterocycles. The van der Waals surface area contributed by atoms with Gasteiger partial charge < -0.3 is 10.2 Å². The van der Waals surface area contributed by atoms with Gasteiger partial charge in [-0.1, -0.05) is 47.2 Å². The quantitative estimate of drug-likeness (QED) is 0.211. The van der Waals surface area contributed by atoms with Crippen molar-refractivity contribution >= 4 is 46.0 Å². The zero-order chi connectivity index (χ0) is 32.9. The molecule has 2 aliphatic carbocycles. The second-order valence-corrected chi connectivity index (χ2v) is 13.1. The van der Waals surface area contributed by atoms with Crippen molar-refractivity contribution in [1.82, 2.24) is 30.2 Å². The Bertz CT molecular complexity index is 1910. The highest BCUT2D eigenvalue weighted by Gasteiger charge is 2.60. The molecule has 2 aromatic carbocycles. The zero-order valence-electron chi connectivity index (χ0n) is 25.2. The lowest BCUT2D eigenvalue weighted by molar-refractivity contribution is 0.0770. The Morgan fingerprint density at radius 2 is 1.32 bits per heavy atom. The number of hydrogen-bond acceptors (Lipinski definition) is 7. The summed E-state index contributed by atoms with van der Waals surface area (Å²) >= 11 is 16.7. The lowest BCUT2D eigenvalue weighted by Gasteiger charge is -2.19. The number of nitrogens with zero attached hydrogens (tertiary/aromatic N) is 5. The second kappa shape index (κ2) is 14.2. The third-order valence-electron chi connectivity index (χ3n) is 8.60. The Hall–Kier alpha value is -4.31. The van der Waals surface area contributed by atoms with Crippen molar-refractivity contribution in [2.75, 3.05) is 26.2 Å². The van der Waals surface area contributed by atoms with Gasteiger partial charge in [-0.15, -0.1) is 0 Å². The minimum Gasteiger partial charge on any atom is -0.337 e. The van der Waals surface area contributed by atoms with E-state index >= 15 is 0 Å². The lowest BCUT2D eigenvalue weighted by Crippen LogP contribution is -2.31. The molecule has 0 radical (unpaired) electrons. The summed E-state index contributed by atoms with van der Waals surface area (Å²) in [6.07, 6.45) is 9.12. The minimum atomic E-state index is -0.484. The van der Waals surface area contributed by atoms with Crippen LogP contribution in [0.25, 0.3) is 0 Å². The number of likely N-dealkylation sites (tertiary alicyclic amines) is 1. The van der Waals surface area contributed by atoms with Crippen molar-refractivity contribution in [3.63, 3.8) is 0 Å². The number of aromatic nitrogens is 4. The molecule has 47 heavy (non-hydrogen) atoms. The molecular weight excluding hydrogens is 655 g/mol. The second-order valence-electron chi connectivity index (χ2n) is 11.9. The number of amides is 1. The van der Waals surface area contributed by atoms with Gasteiger partial charge in [-0.25, -0.2) is 19.9 Å². The van der Waals surface area contributed by atoms with E-state index in [0.29, 0.717) is 45.3 Å². The predicted molar refractivity (Wildman–Crippen MR) is 181 cm³/mol. The normalized spacial score (nSPS) is 23.9. The maximum absolute atomic E-state index is 12.6. The molecule has 0 bridgehead atoms. The summed E-state index contributed by atoms with van der Waals surface area (Å²) in [6, 6.07) is 17.2. The van der Waals surface area contributed by atoms with Crippen molar-refractivity contribution < 1.29 is 9.59 Å². The fourth-order valence-corrected chi connectivity index (χ4v) is 6.36. The highest BCUT2D eigenvalue weighted by atomic mass is 35.5. The van der Waals surface area contributed by atoms with E-state index in [-0.39, 0.29) is 16.7 Å². The van der Waals surface area contributed by atoms with Gasteiger partial charge in [0.2, 0.25) is 11.6 Å². The average Bonchev–Trinajstić information content (AvgIpc) is 3.87. The molecule has 11 heteroatoms. The average molecular weight is 684 g/mol. The maximum atomic E-state index is 12.6. The largest absolute Gasteiger partial charge is 0.337 e. The van der Waals surface area contributed by atoms with Crippen molar-refractivity contribution in [3.8, 4) is 23.7 Å². The molecule has 4 heterocycles.